The van der Waals surface area contributed by atoms with E-state index in [2.05, 4.69) is 46.6 Å². The summed E-state index contributed by atoms with van der Waals surface area (Å²) in [6.45, 7) is 0. The van der Waals surface area contributed by atoms with Crippen LogP contribution in [0.4, 0.5) is 0 Å². The molecule has 1 aromatic carbocycles. The molecule has 0 bridgehead atoms. The molecule has 0 spiro atoms. The summed E-state index contributed by atoms with van der Waals surface area (Å²) in [5, 5.41) is 1.27. The molecule has 0 radical (unpaired) electrons. The molecule has 0 amide bonds. The van der Waals surface area contributed by atoms with Gasteiger partial charge in [0.2, 0.25) is 0 Å². The van der Waals surface area contributed by atoms with E-state index in [-0.39, 0.29) is 24.8 Å². The van der Waals surface area contributed by atoms with Crippen molar-refractivity contribution in [3.63, 3.8) is 0 Å². The van der Waals surface area contributed by atoms with Crippen molar-refractivity contribution in [3.8, 4) is 0 Å². The first-order chi connectivity index (χ1) is 7.43. The van der Waals surface area contributed by atoms with Crippen LogP contribution in [0.5, 0.6) is 0 Å². The van der Waals surface area contributed by atoms with Crippen LogP contribution in [0.15, 0.2) is 30.3 Å². The molecular weight excluding hydrogens is 266 g/mol. The Balaban J connectivity index is 0. The molecule has 17 heavy (non-hydrogen) atoms. The molecule has 1 aromatic rings. The maximum Gasteiger partial charge on any atom is -1.00 e. The minimum absolute atomic E-state index is 0. The molecule has 0 saturated carbocycles. The van der Waals surface area contributed by atoms with Gasteiger partial charge in [0.05, 0.1) is 0 Å². The summed E-state index contributed by atoms with van der Waals surface area (Å²) < 4.78 is 0. The van der Waals surface area contributed by atoms with Gasteiger partial charge in [-0.25, -0.2) is 0 Å². The van der Waals surface area contributed by atoms with Crippen molar-refractivity contribution in [1.29, 1.82) is 0 Å². The average Bonchev–Trinajstić information content (AvgIpc) is 2.29. The first-order valence-corrected chi connectivity index (χ1v) is 6.99. The second-order valence-electron chi connectivity index (χ2n) is 4.15. The van der Waals surface area contributed by atoms with Gasteiger partial charge in [-0.1, -0.05) is 0 Å². The minimum atomic E-state index is 0. The Morgan fingerprint density at radius 3 is 1.82 bits per heavy atom. The van der Waals surface area contributed by atoms with Crippen LogP contribution in [0.25, 0.3) is 0 Å². The number of hydrogen-bond donors (Lipinski definition) is 0. The molecule has 0 heterocycles. The zero-order valence-electron chi connectivity index (χ0n) is 10.4. The summed E-state index contributed by atoms with van der Waals surface area (Å²) in [5.74, 6) is 0. The van der Waals surface area contributed by atoms with Crippen LogP contribution in [0.1, 0.15) is 44.1 Å². The van der Waals surface area contributed by atoms with Gasteiger partial charge in [-0.2, -0.15) is 0 Å². The molecule has 94 valence electrons. The summed E-state index contributed by atoms with van der Waals surface area (Å²) in [7, 11) is 0. The topological polar surface area (TPSA) is 0 Å². The van der Waals surface area contributed by atoms with E-state index in [0.717, 1.165) is 0 Å². The van der Waals surface area contributed by atoms with E-state index in [1.165, 1.54) is 55.8 Å². The van der Waals surface area contributed by atoms with Gasteiger partial charge >= 0.3 is 102 Å². The second kappa shape index (κ2) is 14.4. The number of unbranched alkanes of at least 4 members (excludes halogenated alkanes) is 5. The van der Waals surface area contributed by atoms with Gasteiger partial charge in [-0.3, -0.25) is 0 Å². The monoisotopic (exact) mass is 286 g/mol. The van der Waals surface area contributed by atoms with E-state index >= 15 is 0 Å². The van der Waals surface area contributed by atoms with E-state index in [1.807, 2.05) is 0 Å². The smallest absolute Gasteiger partial charge is 1.00 e. The fraction of sp³-hybridized carbons (Fsp3) is 0.571. The Bertz CT molecular complexity index is 239. The van der Waals surface area contributed by atoms with Gasteiger partial charge in [0.1, 0.15) is 0 Å². The van der Waals surface area contributed by atoms with E-state index < -0.39 is 0 Å². The molecular formula is C14H21AlCl2. The van der Waals surface area contributed by atoms with Crippen molar-refractivity contribution in [3.05, 3.63) is 35.9 Å². The maximum atomic E-state index is 2.80. The van der Waals surface area contributed by atoms with Crippen LogP contribution in [-0.4, -0.2) is 16.3 Å². The molecule has 3 heteroatoms. The Morgan fingerprint density at radius 2 is 1.24 bits per heavy atom. The number of hydrogen-bond acceptors (Lipinski definition) is 0. The van der Waals surface area contributed by atoms with E-state index in [9.17, 15) is 0 Å². The van der Waals surface area contributed by atoms with Crippen molar-refractivity contribution < 1.29 is 24.8 Å². The Hall–Kier alpha value is 0.332. The number of halogens is 2. The van der Waals surface area contributed by atoms with Crippen molar-refractivity contribution in [1.82, 2.24) is 0 Å². The van der Waals surface area contributed by atoms with Crippen molar-refractivity contribution >= 4 is 16.3 Å². The molecule has 0 atom stereocenters. The quantitative estimate of drug-likeness (QED) is 0.390. The third-order valence-corrected chi connectivity index (χ3v) is 3.17. The summed E-state index contributed by atoms with van der Waals surface area (Å²) >= 11 is 2.80. The number of rotatable bonds is 8. The van der Waals surface area contributed by atoms with Gasteiger partial charge in [0.25, 0.3) is 0 Å². The average molecular weight is 287 g/mol. The first kappa shape index (κ1) is 19.7. The molecule has 1 rings (SSSR count). The van der Waals surface area contributed by atoms with Gasteiger partial charge in [-0.05, 0) is 0 Å². The zero-order chi connectivity index (χ0) is 10.8. The van der Waals surface area contributed by atoms with Gasteiger partial charge < -0.3 is 24.8 Å². The predicted octanol–water partition coefficient (Wildman–Crippen LogP) is -1.84. The molecule has 0 saturated heterocycles. The maximum absolute atomic E-state index is 2.80. The molecule has 0 aromatic heterocycles. The van der Waals surface area contributed by atoms with Crippen LogP contribution in [0.2, 0.25) is 5.28 Å². The second-order valence-corrected chi connectivity index (χ2v) is 4.72. The van der Waals surface area contributed by atoms with Crippen LogP contribution in [-0.2, 0) is 6.42 Å². The first-order valence-electron chi connectivity index (χ1n) is 6.17. The van der Waals surface area contributed by atoms with Crippen molar-refractivity contribution in [2.75, 3.05) is 0 Å². The molecule has 0 nitrogen and oxygen atoms in total. The summed E-state index contributed by atoms with van der Waals surface area (Å²) in [5.41, 5.74) is 1.49. The Labute approximate surface area is 127 Å². The molecule has 0 N–H and O–H groups in total. The van der Waals surface area contributed by atoms with Crippen LogP contribution < -0.4 is 24.8 Å². The van der Waals surface area contributed by atoms with Crippen LogP contribution in [0, 0.1) is 0 Å². The summed E-state index contributed by atoms with van der Waals surface area (Å²) in [4.78, 5) is 0. The van der Waals surface area contributed by atoms with E-state index in [1.54, 1.807) is 0 Å². The Kier molecular flexibility index (Phi) is 16.7. The zero-order valence-corrected chi connectivity index (χ0v) is 13.0. The fourth-order valence-electron chi connectivity index (χ4n) is 1.83. The van der Waals surface area contributed by atoms with Gasteiger partial charge in [0.15, 0.2) is 0 Å². The van der Waals surface area contributed by atoms with Crippen molar-refractivity contribution in [2.24, 2.45) is 0 Å². The van der Waals surface area contributed by atoms with E-state index in [4.69, 9.17) is 0 Å². The van der Waals surface area contributed by atoms with Gasteiger partial charge in [-0.15, -0.1) is 0 Å². The third kappa shape index (κ3) is 11.2. The fourth-order valence-corrected chi connectivity index (χ4v) is 2.11. The number of benzene rings is 1. The largest absolute Gasteiger partial charge is 1.00 e. The third-order valence-electron chi connectivity index (χ3n) is 2.76. The summed E-state index contributed by atoms with van der Waals surface area (Å²) in [6.07, 6.45) is 9.62. The standard InChI is InChI=1S/C14H21.Al.2ClH/c1-2-3-4-5-6-8-11-14-12-9-7-10-13-14;;;/h7,9-10,12-13H,1-6,8,11H2;;2*1H/q;+2;;/p-2. The van der Waals surface area contributed by atoms with Crippen LogP contribution in [0.3, 0.4) is 0 Å². The molecule has 0 aliphatic carbocycles. The minimum Gasteiger partial charge on any atom is -1.00 e. The number of aryl methyl sites for hydroxylation is 1. The summed E-state index contributed by atoms with van der Waals surface area (Å²) in [6, 6.07) is 10.8. The predicted molar refractivity (Wildman–Crippen MR) is 68.4 cm³/mol. The van der Waals surface area contributed by atoms with Gasteiger partial charge in [0, 0.05) is 0 Å². The molecule has 0 fully saturated rings. The Morgan fingerprint density at radius 1 is 0.706 bits per heavy atom. The SMILES string of the molecule is [Al+2][CH2]CCCCCCCc1ccccc1.[Cl-].[Cl-]. The van der Waals surface area contributed by atoms with Crippen molar-refractivity contribution in [2.45, 2.75) is 50.2 Å². The molecule has 0 unspecified atom stereocenters. The van der Waals surface area contributed by atoms with E-state index in [0.29, 0.717) is 0 Å². The molecule has 0 aliphatic heterocycles. The molecule has 0 aliphatic rings. The normalized spacial score (nSPS) is 9.29. The van der Waals surface area contributed by atoms with Crippen LogP contribution >= 0.6 is 0 Å².